The number of aromatic hydroxyl groups is 1. The number of rotatable bonds is 7. The molecule has 2 N–H and O–H groups in total. The molecule has 0 spiro atoms. The van der Waals surface area contributed by atoms with Gasteiger partial charge in [-0.25, -0.2) is 0 Å². The predicted octanol–water partition coefficient (Wildman–Crippen LogP) is 3.26. The average molecular weight is 359 g/mol. The lowest BCUT2D eigenvalue weighted by atomic mass is 9.87. The van der Waals surface area contributed by atoms with Crippen molar-refractivity contribution in [2.45, 2.75) is 46.1 Å². The zero-order chi connectivity index (χ0) is 19.3. The first kappa shape index (κ1) is 19.6. The molecule has 2 aromatic rings. The number of hydrogen-bond donors (Lipinski definition) is 2. The molecule has 6 heteroatoms. The number of esters is 1. The molecule has 1 aromatic heterocycles. The maximum atomic E-state index is 12.5. The summed E-state index contributed by atoms with van der Waals surface area (Å²) in [5.74, 6) is -0.722. The van der Waals surface area contributed by atoms with E-state index in [-0.39, 0.29) is 30.4 Å². The number of carbonyl (C=O) groups excluding carboxylic acids is 1. The minimum Gasteiger partial charge on any atom is -0.507 e. The molecule has 0 aliphatic carbocycles. The summed E-state index contributed by atoms with van der Waals surface area (Å²) in [6.45, 7) is 7.44. The first-order chi connectivity index (χ1) is 12.3. The number of aromatic amines is 1. The molecule has 2 rings (SSSR count). The molecule has 140 valence electrons. The van der Waals surface area contributed by atoms with Crippen LogP contribution in [0, 0.1) is 6.92 Å². The Morgan fingerprint density at radius 2 is 1.96 bits per heavy atom. The number of aryl methyl sites for hydroxylation is 1. The van der Waals surface area contributed by atoms with Crippen LogP contribution < -0.4 is 10.3 Å². The third-order valence-corrected chi connectivity index (χ3v) is 3.87. The van der Waals surface area contributed by atoms with E-state index in [1.807, 2.05) is 19.9 Å². The van der Waals surface area contributed by atoms with Gasteiger partial charge >= 0.3 is 5.97 Å². The first-order valence-electron chi connectivity index (χ1n) is 8.67. The summed E-state index contributed by atoms with van der Waals surface area (Å²) in [5, 5.41) is 10.4. The lowest BCUT2D eigenvalue weighted by Crippen LogP contribution is -2.22. The number of hydrogen-bond acceptors (Lipinski definition) is 5. The van der Waals surface area contributed by atoms with Gasteiger partial charge in [-0.05, 0) is 39.8 Å². The van der Waals surface area contributed by atoms with Crippen molar-refractivity contribution in [2.75, 3.05) is 6.61 Å². The van der Waals surface area contributed by atoms with E-state index in [0.717, 1.165) is 0 Å². The minimum absolute atomic E-state index is 0.0774. The van der Waals surface area contributed by atoms with Crippen LogP contribution >= 0.6 is 0 Å². The number of nitrogens with one attached hydrogen (secondary N) is 1. The fourth-order valence-corrected chi connectivity index (χ4v) is 2.90. The number of para-hydroxylation sites is 1. The molecule has 0 aliphatic rings. The van der Waals surface area contributed by atoms with Crippen LogP contribution in [0.1, 0.15) is 49.9 Å². The summed E-state index contributed by atoms with van der Waals surface area (Å²) in [6, 6.07) is 8.68. The van der Waals surface area contributed by atoms with Crippen LogP contribution in [0.3, 0.4) is 0 Å². The van der Waals surface area contributed by atoms with Gasteiger partial charge in [0.15, 0.2) is 0 Å². The molecule has 1 heterocycles. The van der Waals surface area contributed by atoms with Crippen LogP contribution in [0.5, 0.6) is 11.5 Å². The summed E-state index contributed by atoms with van der Waals surface area (Å²) in [5.41, 5.74) is 0.886. The van der Waals surface area contributed by atoms with Crippen molar-refractivity contribution >= 4 is 5.97 Å². The number of pyridine rings is 1. The van der Waals surface area contributed by atoms with Crippen LogP contribution in [0.2, 0.25) is 0 Å². The highest BCUT2D eigenvalue weighted by molar-refractivity contribution is 5.72. The molecule has 1 atom stereocenters. The predicted molar refractivity (Wildman–Crippen MR) is 98.8 cm³/mol. The normalized spacial score (nSPS) is 12.0. The van der Waals surface area contributed by atoms with E-state index in [1.165, 1.54) is 6.07 Å². The smallest absolute Gasteiger partial charge is 0.306 e. The van der Waals surface area contributed by atoms with Crippen LogP contribution in [0.4, 0.5) is 0 Å². The van der Waals surface area contributed by atoms with E-state index in [0.29, 0.717) is 17.0 Å². The van der Waals surface area contributed by atoms with Gasteiger partial charge in [-0.2, -0.15) is 0 Å². The Kier molecular flexibility index (Phi) is 6.44. The maximum Gasteiger partial charge on any atom is 0.306 e. The first-order valence-corrected chi connectivity index (χ1v) is 8.67. The van der Waals surface area contributed by atoms with Crippen LogP contribution in [0.15, 0.2) is 35.1 Å². The number of H-pyrrole nitrogens is 1. The van der Waals surface area contributed by atoms with Crippen molar-refractivity contribution in [1.29, 1.82) is 0 Å². The molecular formula is C20H25NO5. The highest BCUT2D eigenvalue weighted by atomic mass is 16.5. The van der Waals surface area contributed by atoms with Gasteiger partial charge in [0.05, 0.1) is 24.7 Å². The second kappa shape index (κ2) is 8.56. The van der Waals surface area contributed by atoms with Gasteiger partial charge in [0.25, 0.3) is 5.56 Å². The lowest BCUT2D eigenvalue weighted by molar-refractivity contribution is -0.143. The molecule has 0 bridgehead atoms. The topological polar surface area (TPSA) is 88.6 Å². The fraction of sp³-hybridized carbons (Fsp3) is 0.400. The molecule has 0 aliphatic heterocycles. The molecule has 0 amide bonds. The zero-order valence-electron chi connectivity index (χ0n) is 15.5. The minimum atomic E-state index is -0.687. The Labute approximate surface area is 152 Å². The zero-order valence-corrected chi connectivity index (χ0v) is 15.5. The summed E-state index contributed by atoms with van der Waals surface area (Å²) < 4.78 is 10.9. The quantitative estimate of drug-likeness (QED) is 0.741. The Bertz CT molecular complexity index is 825. The van der Waals surface area contributed by atoms with Gasteiger partial charge in [-0.3, -0.25) is 9.59 Å². The monoisotopic (exact) mass is 359 g/mol. The van der Waals surface area contributed by atoms with Crippen LogP contribution in [0.25, 0.3) is 0 Å². The standard InChI is InChI=1S/C20H25NO5/c1-5-25-18(23)11-15(19-16(22)10-13(4)21-20(19)24)14-8-6-7-9-17(14)26-12(2)3/h6-10,12,15H,5,11H2,1-4H3,(H2,21,22,24)/t15-/m0/s1. The number of carbonyl (C=O) groups is 1. The summed E-state index contributed by atoms with van der Waals surface area (Å²) in [7, 11) is 0. The van der Waals surface area contributed by atoms with Crippen molar-refractivity contribution in [3.8, 4) is 11.5 Å². The van der Waals surface area contributed by atoms with E-state index in [1.54, 1.807) is 32.0 Å². The molecule has 0 saturated carbocycles. The van der Waals surface area contributed by atoms with E-state index in [4.69, 9.17) is 9.47 Å². The summed E-state index contributed by atoms with van der Waals surface area (Å²) in [6.07, 6.45) is -0.157. The van der Waals surface area contributed by atoms with Gasteiger partial charge in [0.1, 0.15) is 11.5 Å². The third-order valence-electron chi connectivity index (χ3n) is 3.87. The second-order valence-corrected chi connectivity index (χ2v) is 6.35. The van der Waals surface area contributed by atoms with Crippen LogP contribution in [-0.4, -0.2) is 28.8 Å². The highest BCUT2D eigenvalue weighted by Crippen LogP contribution is 2.37. The number of ether oxygens (including phenoxy) is 2. The molecule has 0 fully saturated rings. The van der Waals surface area contributed by atoms with E-state index >= 15 is 0 Å². The molecule has 0 unspecified atom stereocenters. The molecule has 26 heavy (non-hydrogen) atoms. The van der Waals surface area contributed by atoms with E-state index in [2.05, 4.69) is 4.98 Å². The van der Waals surface area contributed by atoms with Crippen molar-refractivity contribution < 1.29 is 19.4 Å². The highest BCUT2D eigenvalue weighted by Gasteiger charge is 2.28. The Hall–Kier alpha value is -2.76. The largest absolute Gasteiger partial charge is 0.507 e. The van der Waals surface area contributed by atoms with Crippen molar-refractivity contribution in [3.05, 3.63) is 57.5 Å². The molecule has 1 aromatic carbocycles. The summed E-state index contributed by atoms with van der Waals surface area (Å²) >= 11 is 0. The Morgan fingerprint density at radius 3 is 2.58 bits per heavy atom. The lowest BCUT2D eigenvalue weighted by Gasteiger charge is -2.22. The Morgan fingerprint density at radius 1 is 1.27 bits per heavy atom. The third kappa shape index (κ3) is 4.65. The van der Waals surface area contributed by atoms with Crippen molar-refractivity contribution in [3.63, 3.8) is 0 Å². The van der Waals surface area contributed by atoms with Gasteiger partial charge in [0, 0.05) is 17.2 Å². The summed E-state index contributed by atoms with van der Waals surface area (Å²) in [4.78, 5) is 27.4. The van der Waals surface area contributed by atoms with Crippen molar-refractivity contribution in [2.24, 2.45) is 0 Å². The maximum absolute atomic E-state index is 12.5. The average Bonchev–Trinajstić information content (AvgIpc) is 2.53. The number of aromatic nitrogens is 1. The molecule has 0 saturated heterocycles. The van der Waals surface area contributed by atoms with Gasteiger partial charge < -0.3 is 19.6 Å². The van der Waals surface area contributed by atoms with Gasteiger partial charge in [-0.1, -0.05) is 18.2 Å². The number of benzene rings is 1. The van der Waals surface area contributed by atoms with E-state index in [9.17, 15) is 14.7 Å². The van der Waals surface area contributed by atoms with E-state index < -0.39 is 17.4 Å². The molecule has 6 nitrogen and oxygen atoms in total. The molecular weight excluding hydrogens is 334 g/mol. The second-order valence-electron chi connectivity index (χ2n) is 6.35. The van der Waals surface area contributed by atoms with Crippen LogP contribution in [-0.2, 0) is 9.53 Å². The van der Waals surface area contributed by atoms with Crippen molar-refractivity contribution in [1.82, 2.24) is 4.98 Å². The SMILES string of the molecule is CCOC(=O)C[C@@H](c1ccccc1OC(C)C)c1c(O)cc(C)[nH]c1=O. The fourth-order valence-electron chi connectivity index (χ4n) is 2.90. The van der Waals surface area contributed by atoms with Gasteiger partial charge in [-0.15, -0.1) is 0 Å². The molecule has 0 radical (unpaired) electrons. The van der Waals surface area contributed by atoms with Gasteiger partial charge in [0.2, 0.25) is 0 Å². The Balaban J connectivity index is 2.60.